The summed E-state index contributed by atoms with van der Waals surface area (Å²) in [5, 5.41) is 10.1. The number of benzene rings is 1. The maximum Gasteiger partial charge on any atom is 0.327 e. The number of ether oxygens (including phenoxy) is 1. The van der Waals surface area contributed by atoms with E-state index in [0.717, 1.165) is 28.9 Å². The van der Waals surface area contributed by atoms with Gasteiger partial charge in [0.25, 0.3) is 5.91 Å². The molecule has 2 heterocycles. The first-order chi connectivity index (χ1) is 11.0. The summed E-state index contributed by atoms with van der Waals surface area (Å²) in [6.45, 7) is 4.60. The Morgan fingerprint density at radius 1 is 1.35 bits per heavy atom. The Morgan fingerprint density at radius 2 is 2.13 bits per heavy atom. The van der Waals surface area contributed by atoms with Crippen LogP contribution in [0.15, 0.2) is 18.2 Å². The van der Waals surface area contributed by atoms with Crippen LogP contribution in [-0.4, -0.2) is 58.7 Å². The minimum atomic E-state index is -0.899. The number of rotatable bonds is 5. The van der Waals surface area contributed by atoms with E-state index >= 15 is 0 Å². The number of β-amino-alcohol motifs (C(OH)–C–C–N with tert-alkyl or cyclic N) is 1. The van der Waals surface area contributed by atoms with Gasteiger partial charge in [0, 0.05) is 6.54 Å². The Labute approximate surface area is 135 Å². The van der Waals surface area contributed by atoms with Crippen molar-refractivity contribution >= 4 is 11.9 Å². The fourth-order valence-electron chi connectivity index (χ4n) is 3.26. The van der Waals surface area contributed by atoms with Gasteiger partial charge in [0.1, 0.15) is 24.5 Å². The summed E-state index contributed by atoms with van der Waals surface area (Å²) in [4.78, 5) is 27.1. The molecule has 0 radical (unpaired) electrons. The lowest BCUT2D eigenvalue weighted by molar-refractivity contribution is -0.129. The van der Waals surface area contributed by atoms with E-state index in [0.29, 0.717) is 12.3 Å². The van der Waals surface area contributed by atoms with Gasteiger partial charge in [0.2, 0.25) is 0 Å². The predicted molar refractivity (Wildman–Crippen MR) is 84.3 cm³/mol. The summed E-state index contributed by atoms with van der Waals surface area (Å²) in [7, 11) is 0. The van der Waals surface area contributed by atoms with Crippen molar-refractivity contribution in [3.63, 3.8) is 0 Å². The van der Waals surface area contributed by atoms with Crippen molar-refractivity contribution in [2.45, 2.75) is 38.8 Å². The average Bonchev–Trinajstić information content (AvgIpc) is 3.06. The number of fused-ring (bicyclic) bond motifs is 1. The molecule has 124 valence electrons. The SMILES string of the molecule is Cc1ccc(OCC(O)CN2C(=O)C3CCCN3C2=O)c(C)c1. The van der Waals surface area contributed by atoms with Crippen molar-refractivity contribution < 1.29 is 19.4 Å². The maximum atomic E-state index is 12.2. The van der Waals surface area contributed by atoms with Gasteiger partial charge in [0.15, 0.2) is 0 Å². The molecule has 6 heteroatoms. The molecule has 2 unspecified atom stereocenters. The van der Waals surface area contributed by atoms with Gasteiger partial charge in [-0.25, -0.2) is 4.79 Å². The zero-order valence-corrected chi connectivity index (χ0v) is 13.5. The van der Waals surface area contributed by atoms with Gasteiger partial charge in [0.05, 0.1) is 6.54 Å². The molecule has 2 atom stereocenters. The third-order valence-electron chi connectivity index (χ3n) is 4.44. The van der Waals surface area contributed by atoms with Crippen LogP contribution in [0.4, 0.5) is 4.79 Å². The van der Waals surface area contributed by atoms with Crippen molar-refractivity contribution in [3.8, 4) is 5.75 Å². The zero-order valence-electron chi connectivity index (χ0n) is 13.5. The van der Waals surface area contributed by atoms with Gasteiger partial charge in [-0.3, -0.25) is 9.69 Å². The molecule has 2 aliphatic heterocycles. The molecule has 2 fully saturated rings. The van der Waals surface area contributed by atoms with E-state index in [4.69, 9.17) is 4.74 Å². The highest BCUT2D eigenvalue weighted by atomic mass is 16.5. The number of aryl methyl sites for hydroxylation is 2. The molecule has 2 saturated heterocycles. The molecule has 23 heavy (non-hydrogen) atoms. The summed E-state index contributed by atoms with van der Waals surface area (Å²) in [6.07, 6.45) is 0.688. The van der Waals surface area contributed by atoms with Crippen LogP contribution in [0.2, 0.25) is 0 Å². The fraction of sp³-hybridized carbons (Fsp3) is 0.529. The van der Waals surface area contributed by atoms with Crippen molar-refractivity contribution in [2.24, 2.45) is 0 Å². The van der Waals surface area contributed by atoms with Gasteiger partial charge in [-0.15, -0.1) is 0 Å². The molecule has 1 aromatic rings. The maximum absolute atomic E-state index is 12.2. The quantitative estimate of drug-likeness (QED) is 0.835. The van der Waals surface area contributed by atoms with Gasteiger partial charge >= 0.3 is 6.03 Å². The van der Waals surface area contributed by atoms with Crippen LogP contribution in [0, 0.1) is 13.8 Å². The highest BCUT2D eigenvalue weighted by molar-refractivity contribution is 6.04. The molecule has 3 rings (SSSR count). The molecule has 1 aromatic carbocycles. The van der Waals surface area contributed by atoms with Gasteiger partial charge in [-0.1, -0.05) is 17.7 Å². The normalized spacial score (nSPS) is 21.8. The number of aliphatic hydroxyl groups is 1. The molecule has 6 nitrogen and oxygen atoms in total. The number of carbonyl (C=O) groups excluding carboxylic acids is 2. The van der Waals surface area contributed by atoms with E-state index in [1.165, 1.54) is 0 Å². The summed E-state index contributed by atoms with van der Waals surface area (Å²) in [5.74, 6) is 0.507. The van der Waals surface area contributed by atoms with Crippen LogP contribution in [-0.2, 0) is 4.79 Å². The van der Waals surface area contributed by atoms with Crippen molar-refractivity contribution in [1.82, 2.24) is 9.80 Å². The lowest BCUT2D eigenvalue weighted by atomic mass is 10.1. The van der Waals surface area contributed by atoms with Crippen molar-refractivity contribution in [1.29, 1.82) is 0 Å². The Bertz CT molecular complexity index is 609. The van der Waals surface area contributed by atoms with Crippen LogP contribution < -0.4 is 4.74 Å². The first-order valence-electron chi connectivity index (χ1n) is 7.97. The highest BCUT2D eigenvalue weighted by Gasteiger charge is 2.47. The zero-order chi connectivity index (χ0) is 16.6. The second kappa shape index (κ2) is 6.20. The molecule has 0 aliphatic carbocycles. The third-order valence-corrected chi connectivity index (χ3v) is 4.44. The van der Waals surface area contributed by atoms with Crippen LogP contribution in [0.3, 0.4) is 0 Å². The van der Waals surface area contributed by atoms with Gasteiger partial charge in [-0.05, 0) is 38.3 Å². The molecule has 0 bridgehead atoms. The first kappa shape index (κ1) is 15.8. The predicted octanol–water partition coefficient (Wildman–Crippen LogP) is 1.47. The monoisotopic (exact) mass is 318 g/mol. The van der Waals surface area contributed by atoms with E-state index in [2.05, 4.69) is 0 Å². The topological polar surface area (TPSA) is 70.1 Å². The molecule has 2 aliphatic rings. The Balaban J connectivity index is 1.56. The summed E-state index contributed by atoms with van der Waals surface area (Å²) in [6, 6.07) is 5.19. The number of nitrogens with zero attached hydrogens (tertiary/aromatic N) is 2. The van der Waals surface area contributed by atoms with Crippen LogP contribution in [0.25, 0.3) is 0 Å². The lowest BCUT2D eigenvalue weighted by Gasteiger charge is -2.20. The molecule has 3 amide bonds. The minimum Gasteiger partial charge on any atom is -0.491 e. The fourth-order valence-corrected chi connectivity index (χ4v) is 3.26. The van der Waals surface area contributed by atoms with E-state index in [-0.39, 0.29) is 31.1 Å². The Kier molecular flexibility index (Phi) is 4.26. The summed E-state index contributed by atoms with van der Waals surface area (Å²) in [5.41, 5.74) is 2.13. The molecular weight excluding hydrogens is 296 g/mol. The number of urea groups is 1. The lowest BCUT2D eigenvalue weighted by Crippen LogP contribution is -2.41. The molecular formula is C17H22N2O4. The van der Waals surface area contributed by atoms with E-state index in [9.17, 15) is 14.7 Å². The van der Waals surface area contributed by atoms with Gasteiger partial charge in [-0.2, -0.15) is 0 Å². The third kappa shape index (κ3) is 3.03. The van der Waals surface area contributed by atoms with E-state index in [1.807, 2.05) is 32.0 Å². The van der Waals surface area contributed by atoms with Crippen molar-refractivity contribution in [2.75, 3.05) is 19.7 Å². The van der Waals surface area contributed by atoms with Crippen LogP contribution >= 0.6 is 0 Å². The van der Waals surface area contributed by atoms with E-state index in [1.54, 1.807) is 4.90 Å². The Morgan fingerprint density at radius 3 is 2.83 bits per heavy atom. The van der Waals surface area contributed by atoms with Crippen LogP contribution in [0.5, 0.6) is 5.75 Å². The number of aliphatic hydroxyl groups excluding tert-OH is 1. The van der Waals surface area contributed by atoms with E-state index < -0.39 is 6.10 Å². The number of imide groups is 1. The molecule has 0 aromatic heterocycles. The van der Waals surface area contributed by atoms with Crippen molar-refractivity contribution in [3.05, 3.63) is 29.3 Å². The summed E-state index contributed by atoms with van der Waals surface area (Å²) < 4.78 is 5.62. The second-order valence-corrected chi connectivity index (χ2v) is 6.32. The number of amides is 3. The van der Waals surface area contributed by atoms with Crippen LogP contribution in [0.1, 0.15) is 24.0 Å². The molecule has 1 N–H and O–H groups in total. The largest absolute Gasteiger partial charge is 0.491 e. The average molecular weight is 318 g/mol. The minimum absolute atomic E-state index is 0.0183. The number of hydrogen-bond donors (Lipinski definition) is 1. The smallest absolute Gasteiger partial charge is 0.327 e. The standard InChI is InChI=1S/C17H22N2O4/c1-11-5-6-15(12(2)8-11)23-10-13(20)9-19-16(21)14-4-3-7-18(14)17(19)22/h5-6,8,13-14,20H,3-4,7,9-10H2,1-2H3. The van der Waals surface area contributed by atoms with Gasteiger partial charge < -0.3 is 14.7 Å². The summed E-state index contributed by atoms with van der Waals surface area (Å²) >= 11 is 0. The molecule has 0 spiro atoms. The second-order valence-electron chi connectivity index (χ2n) is 6.32. The number of carbonyl (C=O) groups is 2. The Hall–Kier alpha value is -2.08. The highest BCUT2D eigenvalue weighted by Crippen LogP contribution is 2.27. The first-order valence-corrected chi connectivity index (χ1v) is 7.97. The number of hydrogen-bond acceptors (Lipinski definition) is 4. The molecule has 0 saturated carbocycles.